The Morgan fingerprint density at radius 3 is 1.87 bits per heavy atom. The Labute approximate surface area is 310 Å². The molecule has 8 aromatic carbocycles. The van der Waals surface area contributed by atoms with Gasteiger partial charge in [-0.2, -0.15) is 5.10 Å². The monoisotopic (exact) mass is 679 g/mol. The van der Waals surface area contributed by atoms with E-state index in [1.165, 1.54) is 33.0 Å². The Kier molecular flexibility index (Phi) is 7.16. The molecule has 0 N–H and O–H groups in total. The summed E-state index contributed by atoms with van der Waals surface area (Å²) in [6, 6.07) is 67.7. The van der Waals surface area contributed by atoms with E-state index in [1.807, 2.05) is 6.07 Å². The van der Waals surface area contributed by atoms with Crippen LogP contribution < -0.4 is 4.90 Å². The molecule has 0 fully saturated rings. The number of fused-ring (bicyclic) bond motifs is 5. The third-order valence-corrected chi connectivity index (χ3v) is 11.0. The summed E-state index contributed by atoms with van der Waals surface area (Å²) in [4.78, 5) is 2.36. The summed E-state index contributed by atoms with van der Waals surface area (Å²) in [5.41, 5.74) is 15.3. The first-order valence-corrected chi connectivity index (χ1v) is 18.3. The second-order valence-electron chi connectivity index (χ2n) is 14.5. The summed E-state index contributed by atoms with van der Waals surface area (Å²) in [5.74, 6) is 0. The Morgan fingerprint density at radius 1 is 0.453 bits per heavy atom. The molecular formula is C50H37N3. The van der Waals surface area contributed by atoms with Crippen LogP contribution in [0, 0.1) is 0 Å². The summed E-state index contributed by atoms with van der Waals surface area (Å²) in [6.07, 6.45) is 0. The standard InChI is InChI=1S/C50H37N3/c1-50(2)46-23-12-11-22-43(46)44-33-42(28-29-47(44)50)52(39-18-5-3-6-19-39)40-26-24-34(25-27-40)35-16-13-17-38(30-35)49-45-31-36-14-9-10-15-37(36)32-48(45)53(51-49)41-20-7-4-8-21-41/h3-33H,1-2H3. The van der Waals surface area contributed by atoms with Crippen molar-refractivity contribution in [2.75, 3.05) is 4.90 Å². The highest BCUT2D eigenvalue weighted by Crippen LogP contribution is 2.50. The average molecular weight is 680 g/mol. The summed E-state index contributed by atoms with van der Waals surface area (Å²) in [7, 11) is 0. The fourth-order valence-electron chi connectivity index (χ4n) is 8.30. The zero-order chi connectivity index (χ0) is 35.5. The Bertz CT molecular complexity index is 2790. The van der Waals surface area contributed by atoms with Crippen molar-refractivity contribution in [1.29, 1.82) is 0 Å². The van der Waals surface area contributed by atoms with E-state index in [0.29, 0.717) is 0 Å². The zero-order valence-corrected chi connectivity index (χ0v) is 29.7. The number of anilines is 3. The molecule has 0 atom stereocenters. The fourth-order valence-corrected chi connectivity index (χ4v) is 8.30. The molecule has 0 bridgehead atoms. The fraction of sp³-hybridized carbons (Fsp3) is 0.0600. The lowest BCUT2D eigenvalue weighted by molar-refractivity contribution is 0.660. The van der Waals surface area contributed by atoms with Crippen LogP contribution in [-0.4, -0.2) is 9.78 Å². The van der Waals surface area contributed by atoms with Gasteiger partial charge in [0.05, 0.1) is 11.2 Å². The second kappa shape index (κ2) is 12.2. The minimum atomic E-state index is -0.0298. The van der Waals surface area contributed by atoms with E-state index < -0.39 is 0 Å². The van der Waals surface area contributed by atoms with Gasteiger partial charge in [0, 0.05) is 33.4 Å². The molecule has 1 heterocycles. The minimum Gasteiger partial charge on any atom is -0.310 e. The quantitative estimate of drug-likeness (QED) is 0.174. The van der Waals surface area contributed by atoms with E-state index in [2.05, 4.69) is 205 Å². The van der Waals surface area contributed by atoms with Crippen molar-refractivity contribution in [2.24, 2.45) is 0 Å². The van der Waals surface area contributed by atoms with E-state index in [-0.39, 0.29) is 5.41 Å². The van der Waals surface area contributed by atoms with Crippen molar-refractivity contribution in [3.63, 3.8) is 0 Å². The smallest absolute Gasteiger partial charge is 0.101 e. The van der Waals surface area contributed by atoms with Crippen LogP contribution >= 0.6 is 0 Å². The van der Waals surface area contributed by atoms with Crippen LogP contribution in [0.2, 0.25) is 0 Å². The zero-order valence-electron chi connectivity index (χ0n) is 29.7. The van der Waals surface area contributed by atoms with Crippen molar-refractivity contribution in [3.8, 4) is 39.2 Å². The number of hydrogen-bond donors (Lipinski definition) is 0. The van der Waals surface area contributed by atoms with Crippen molar-refractivity contribution < 1.29 is 0 Å². The molecule has 1 aliphatic carbocycles. The van der Waals surface area contributed by atoms with Crippen molar-refractivity contribution >= 4 is 38.7 Å². The third-order valence-electron chi connectivity index (χ3n) is 11.0. The van der Waals surface area contributed by atoms with Gasteiger partial charge in [0.2, 0.25) is 0 Å². The van der Waals surface area contributed by atoms with Crippen LogP contribution in [0.4, 0.5) is 17.1 Å². The largest absolute Gasteiger partial charge is 0.310 e. The molecule has 10 rings (SSSR count). The van der Waals surface area contributed by atoms with Gasteiger partial charge in [-0.1, -0.05) is 135 Å². The minimum absolute atomic E-state index is 0.0298. The van der Waals surface area contributed by atoms with Gasteiger partial charge in [-0.25, -0.2) is 4.68 Å². The van der Waals surface area contributed by atoms with Crippen LogP contribution in [-0.2, 0) is 5.41 Å². The third kappa shape index (κ3) is 5.16. The van der Waals surface area contributed by atoms with Gasteiger partial charge >= 0.3 is 0 Å². The van der Waals surface area contributed by atoms with Gasteiger partial charge in [0.1, 0.15) is 5.69 Å². The molecule has 1 aromatic heterocycles. The van der Waals surface area contributed by atoms with Crippen LogP contribution in [0.15, 0.2) is 188 Å². The molecule has 1 aliphatic rings. The van der Waals surface area contributed by atoms with Crippen molar-refractivity contribution in [1.82, 2.24) is 9.78 Å². The lowest BCUT2D eigenvalue weighted by Crippen LogP contribution is -2.15. The molecule has 0 aliphatic heterocycles. The summed E-state index contributed by atoms with van der Waals surface area (Å²) >= 11 is 0. The van der Waals surface area contributed by atoms with Gasteiger partial charge in [-0.3, -0.25) is 0 Å². The number of hydrogen-bond acceptors (Lipinski definition) is 2. The number of rotatable bonds is 6. The molecule has 0 amide bonds. The molecule has 53 heavy (non-hydrogen) atoms. The molecule has 0 unspecified atom stereocenters. The van der Waals surface area contributed by atoms with E-state index in [1.54, 1.807) is 0 Å². The SMILES string of the molecule is CC1(C)c2ccccc2-c2cc(N(c3ccccc3)c3ccc(-c4cccc(-c5nn(-c6ccccc6)c6cc7ccccc7cc56)c4)cc3)ccc21. The van der Waals surface area contributed by atoms with Crippen molar-refractivity contribution in [2.45, 2.75) is 19.3 Å². The first-order valence-electron chi connectivity index (χ1n) is 18.3. The highest BCUT2D eigenvalue weighted by molar-refractivity contribution is 6.03. The maximum Gasteiger partial charge on any atom is 0.101 e. The predicted molar refractivity (Wildman–Crippen MR) is 222 cm³/mol. The van der Waals surface area contributed by atoms with E-state index >= 15 is 0 Å². The van der Waals surface area contributed by atoms with Crippen LogP contribution in [0.25, 0.3) is 60.9 Å². The van der Waals surface area contributed by atoms with E-state index in [0.717, 1.165) is 56.0 Å². The lowest BCUT2D eigenvalue weighted by Gasteiger charge is -2.27. The number of nitrogens with zero attached hydrogens (tertiary/aromatic N) is 3. The predicted octanol–water partition coefficient (Wildman–Crippen LogP) is 13.3. The summed E-state index contributed by atoms with van der Waals surface area (Å²) in [5, 5.41) is 8.80. The highest BCUT2D eigenvalue weighted by Gasteiger charge is 2.35. The van der Waals surface area contributed by atoms with Gasteiger partial charge in [-0.15, -0.1) is 0 Å². The second-order valence-corrected chi connectivity index (χ2v) is 14.5. The molecule has 0 radical (unpaired) electrons. The van der Waals surface area contributed by atoms with Gasteiger partial charge in [0.15, 0.2) is 0 Å². The maximum atomic E-state index is 5.25. The van der Waals surface area contributed by atoms with Gasteiger partial charge < -0.3 is 4.90 Å². The molecular weight excluding hydrogens is 643 g/mol. The Morgan fingerprint density at radius 2 is 1.08 bits per heavy atom. The molecule has 0 saturated carbocycles. The van der Waals surface area contributed by atoms with Crippen LogP contribution in [0.1, 0.15) is 25.0 Å². The first-order chi connectivity index (χ1) is 26.0. The van der Waals surface area contributed by atoms with E-state index in [4.69, 9.17) is 5.10 Å². The topological polar surface area (TPSA) is 21.1 Å². The first kappa shape index (κ1) is 31.1. The normalized spacial score (nSPS) is 12.9. The van der Waals surface area contributed by atoms with Gasteiger partial charge in [-0.05, 0) is 111 Å². The van der Waals surface area contributed by atoms with E-state index in [9.17, 15) is 0 Å². The molecule has 3 heteroatoms. The van der Waals surface area contributed by atoms with Crippen molar-refractivity contribution in [3.05, 3.63) is 199 Å². The molecule has 0 saturated heterocycles. The Hall–Kier alpha value is -6.71. The van der Waals surface area contributed by atoms with Crippen LogP contribution in [0.5, 0.6) is 0 Å². The molecule has 252 valence electrons. The molecule has 3 nitrogen and oxygen atoms in total. The van der Waals surface area contributed by atoms with Gasteiger partial charge in [0.25, 0.3) is 0 Å². The summed E-state index contributed by atoms with van der Waals surface area (Å²) < 4.78 is 2.08. The highest BCUT2D eigenvalue weighted by atomic mass is 15.3. The molecule has 0 spiro atoms. The lowest BCUT2D eigenvalue weighted by atomic mass is 9.82. The van der Waals surface area contributed by atoms with Crippen LogP contribution in [0.3, 0.4) is 0 Å². The number of benzene rings is 8. The number of para-hydroxylation sites is 2. The Balaban J connectivity index is 1.05. The number of aromatic nitrogens is 2. The maximum absolute atomic E-state index is 5.25. The average Bonchev–Trinajstić information content (AvgIpc) is 3.69. The molecule has 9 aromatic rings. The summed E-state index contributed by atoms with van der Waals surface area (Å²) in [6.45, 7) is 4.67.